The summed E-state index contributed by atoms with van der Waals surface area (Å²) in [6.07, 6.45) is 7.03. The lowest BCUT2D eigenvalue weighted by molar-refractivity contribution is 0.0676. The molecule has 31 heavy (non-hydrogen) atoms. The number of rotatable bonds is 3. The molecule has 3 aromatic rings. The van der Waals surface area contributed by atoms with Gasteiger partial charge in [0.15, 0.2) is 0 Å². The van der Waals surface area contributed by atoms with Crippen LogP contribution >= 0.6 is 0 Å². The lowest BCUT2D eigenvalue weighted by Gasteiger charge is -2.44. The van der Waals surface area contributed by atoms with E-state index in [4.69, 9.17) is 9.97 Å². The van der Waals surface area contributed by atoms with Crippen molar-refractivity contribution in [2.24, 2.45) is 5.92 Å². The minimum atomic E-state index is 0.434. The number of para-hydroxylation sites is 1. The van der Waals surface area contributed by atoms with Gasteiger partial charge in [-0.25, -0.2) is 4.98 Å². The molecule has 0 saturated carbocycles. The number of likely N-dealkylation sites (N-methyl/N-ethyl adjacent to an activating group) is 1. The van der Waals surface area contributed by atoms with E-state index in [1.807, 2.05) is 6.20 Å². The molecule has 4 heterocycles. The maximum atomic E-state index is 5.12. The summed E-state index contributed by atoms with van der Waals surface area (Å²) >= 11 is 0. The minimum absolute atomic E-state index is 0.434. The highest BCUT2D eigenvalue weighted by molar-refractivity contribution is 5.89. The van der Waals surface area contributed by atoms with Crippen molar-refractivity contribution in [2.45, 2.75) is 38.3 Å². The Kier molecular flexibility index (Phi) is 4.92. The lowest BCUT2D eigenvalue weighted by atomic mass is 9.77. The zero-order chi connectivity index (χ0) is 20.8. The normalized spacial score (nSPS) is 24.9. The van der Waals surface area contributed by atoms with Crippen molar-refractivity contribution in [1.82, 2.24) is 24.8 Å². The van der Waals surface area contributed by atoms with Crippen LogP contribution in [0.5, 0.6) is 0 Å². The highest BCUT2D eigenvalue weighted by Gasteiger charge is 2.37. The number of aryl methyl sites for hydroxylation is 1. The summed E-state index contributed by atoms with van der Waals surface area (Å²) in [7, 11) is 2.20. The van der Waals surface area contributed by atoms with Crippen LogP contribution in [0.25, 0.3) is 11.0 Å². The highest BCUT2D eigenvalue weighted by atomic mass is 15.3. The van der Waals surface area contributed by atoms with Crippen molar-refractivity contribution in [2.75, 3.05) is 44.7 Å². The second kappa shape index (κ2) is 7.92. The van der Waals surface area contributed by atoms with Gasteiger partial charge in [0.25, 0.3) is 0 Å². The van der Waals surface area contributed by atoms with Crippen molar-refractivity contribution in [3.05, 3.63) is 53.6 Å². The predicted molar refractivity (Wildman–Crippen MR) is 124 cm³/mol. The van der Waals surface area contributed by atoms with Crippen LogP contribution in [0.2, 0.25) is 0 Å². The Morgan fingerprint density at radius 3 is 2.84 bits per heavy atom. The molecule has 3 aliphatic rings. The molecule has 1 aliphatic carbocycles. The molecular weight excluding hydrogens is 384 g/mol. The van der Waals surface area contributed by atoms with E-state index in [0.717, 1.165) is 62.0 Å². The number of aromatic amines is 1. The fourth-order valence-corrected chi connectivity index (χ4v) is 5.93. The molecule has 6 heteroatoms. The Labute approximate surface area is 184 Å². The lowest BCUT2D eigenvalue weighted by Crippen LogP contribution is -2.44. The third-order valence-corrected chi connectivity index (χ3v) is 7.59. The first-order valence-electron chi connectivity index (χ1n) is 11.9. The monoisotopic (exact) mass is 416 g/mol. The molecule has 0 spiro atoms. The first-order valence-corrected chi connectivity index (χ1v) is 11.9. The number of piperidine rings is 1. The van der Waals surface area contributed by atoms with E-state index in [1.54, 1.807) is 0 Å². The number of anilines is 1. The summed E-state index contributed by atoms with van der Waals surface area (Å²) in [5.41, 5.74) is 6.31. The molecule has 2 saturated heterocycles. The topological polar surface area (TPSA) is 51.3 Å². The molecule has 0 radical (unpaired) electrons. The van der Waals surface area contributed by atoms with Gasteiger partial charge in [-0.15, -0.1) is 0 Å². The fraction of sp³-hybridized carbons (Fsp3) is 0.520. The average Bonchev–Trinajstić information content (AvgIpc) is 3.22. The van der Waals surface area contributed by atoms with Gasteiger partial charge in [-0.05, 0) is 69.0 Å². The zero-order valence-corrected chi connectivity index (χ0v) is 18.4. The van der Waals surface area contributed by atoms with Crippen molar-refractivity contribution < 1.29 is 0 Å². The molecule has 2 aliphatic heterocycles. The largest absolute Gasteiger partial charge is 0.367 e. The number of aromatic nitrogens is 3. The first-order chi connectivity index (χ1) is 15.3. The van der Waals surface area contributed by atoms with Crippen LogP contribution in [0.3, 0.4) is 0 Å². The number of nitrogens with zero attached hydrogens (tertiary/aromatic N) is 5. The molecule has 1 aromatic carbocycles. The van der Waals surface area contributed by atoms with E-state index in [2.05, 4.69) is 57.1 Å². The molecule has 2 fully saturated rings. The summed E-state index contributed by atoms with van der Waals surface area (Å²) in [6, 6.07) is 11.4. The van der Waals surface area contributed by atoms with Crippen molar-refractivity contribution in [3.63, 3.8) is 0 Å². The van der Waals surface area contributed by atoms with E-state index >= 15 is 0 Å². The number of pyridine rings is 1. The van der Waals surface area contributed by atoms with Crippen molar-refractivity contribution in [1.29, 1.82) is 0 Å². The number of H-pyrrole nitrogens is 1. The number of likely N-dealkylation sites (tertiary alicyclic amines) is 1. The van der Waals surface area contributed by atoms with Gasteiger partial charge < -0.3 is 14.8 Å². The molecular formula is C25H32N6. The molecule has 1 N–H and O–H groups in total. The van der Waals surface area contributed by atoms with Crippen molar-refractivity contribution in [3.8, 4) is 0 Å². The Morgan fingerprint density at radius 1 is 1.03 bits per heavy atom. The zero-order valence-electron chi connectivity index (χ0n) is 18.4. The van der Waals surface area contributed by atoms with Crippen LogP contribution in [0.15, 0.2) is 36.5 Å². The SMILES string of the molecule is CN1CCN(c2cccc3[nH]c(CN4CCC[C@H]5CCc6cccnc6[C@@H]54)nc23)CC1. The van der Waals surface area contributed by atoms with E-state index < -0.39 is 0 Å². The third-order valence-electron chi connectivity index (χ3n) is 7.59. The summed E-state index contributed by atoms with van der Waals surface area (Å²) in [4.78, 5) is 21.1. The second-order valence-corrected chi connectivity index (χ2v) is 9.55. The quantitative estimate of drug-likeness (QED) is 0.707. The maximum Gasteiger partial charge on any atom is 0.121 e. The Morgan fingerprint density at radius 2 is 1.94 bits per heavy atom. The standard InChI is InChI=1S/C25H32N6/c1-29-13-15-30(16-14-29)21-8-2-7-20-24(21)28-22(27-20)17-31-12-4-6-19-10-9-18-5-3-11-26-23(18)25(19)31/h2-3,5,7-8,11,19,25H,4,6,9-10,12-17H2,1H3,(H,27,28)/t19-,25+/m0/s1. The number of hydrogen-bond acceptors (Lipinski definition) is 5. The number of nitrogens with one attached hydrogen (secondary N) is 1. The first kappa shape index (κ1) is 19.3. The van der Waals surface area contributed by atoms with Crippen LogP contribution < -0.4 is 4.90 Å². The highest BCUT2D eigenvalue weighted by Crippen LogP contribution is 2.43. The summed E-state index contributed by atoms with van der Waals surface area (Å²) < 4.78 is 0. The number of benzene rings is 1. The molecule has 0 bridgehead atoms. The van der Waals surface area contributed by atoms with Gasteiger partial charge in [0.2, 0.25) is 0 Å². The molecule has 0 amide bonds. The van der Waals surface area contributed by atoms with Crippen LogP contribution in [-0.2, 0) is 13.0 Å². The smallest absolute Gasteiger partial charge is 0.121 e. The molecule has 162 valence electrons. The summed E-state index contributed by atoms with van der Waals surface area (Å²) in [6.45, 7) is 6.34. The van der Waals surface area contributed by atoms with E-state index in [0.29, 0.717) is 6.04 Å². The Hall–Kier alpha value is -2.44. The van der Waals surface area contributed by atoms with Crippen LogP contribution in [0.4, 0.5) is 5.69 Å². The van der Waals surface area contributed by atoms with E-state index in [1.165, 1.54) is 42.6 Å². The van der Waals surface area contributed by atoms with Gasteiger partial charge in [-0.2, -0.15) is 0 Å². The van der Waals surface area contributed by atoms with Gasteiger partial charge in [0, 0.05) is 32.4 Å². The van der Waals surface area contributed by atoms with Crippen LogP contribution in [0, 0.1) is 5.92 Å². The van der Waals surface area contributed by atoms with Gasteiger partial charge in [-0.3, -0.25) is 9.88 Å². The molecule has 6 nitrogen and oxygen atoms in total. The van der Waals surface area contributed by atoms with Gasteiger partial charge in [0.1, 0.15) is 11.3 Å². The number of fused-ring (bicyclic) bond motifs is 4. The third kappa shape index (κ3) is 3.52. The maximum absolute atomic E-state index is 5.12. The number of imidazole rings is 1. The van der Waals surface area contributed by atoms with Gasteiger partial charge in [-0.1, -0.05) is 12.1 Å². The second-order valence-electron chi connectivity index (χ2n) is 9.55. The average molecular weight is 417 g/mol. The van der Waals surface area contributed by atoms with Crippen LogP contribution in [-0.4, -0.2) is 64.5 Å². The fourth-order valence-electron chi connectivity index (χ4n) is 5.93. The van der Waals surface area contributed by atoms with Crippen molar-refractivity contribution >= 4 is 16.7 Å². The number of piperazine rings is 1. The Balaban J connectivity index is 1.29. The molecule has 0 unspecified atom stereocenters. The van der Waals surface area contributed by atoms with Gasteiger partial charge in [0.05, 0.1) is 29.5 Å². The van der Waals surface area contributed by atoms with E-state index in [-0.39, 0.29) is 0 Å². The summed E-state index contributed by atoms with van der Waals surface area (Å²) in [5.74, 6) is 1.81. The predicted octanol–water partition coefficient (Wildman–Crippen LogP) is 3.61. The minimum Gasteiger partial charge on any atom is -0.367 e. The molecule has 6 rings (SSSR count). The summed E-state index contributed by atoms with van der Waals surface area (Å²) in [5, 5.41) is 0. The Bertz CT molecular complexity index is 1070. The number of hydrogen-bond donors (Lipinski definition) is 1. The molecule has 2 atom stereocenters. The molecule has 2 aromatic heterocycles. The van der Waals surface area contributed by atoms with Crippen LogP contribution in [0.1, 0.15) is 42.4 Å². The van der Waals surface area contributed by atoms with Gasteiger partial charge >= 0.3 is 0 Å². The van der Waals surface area contributed by atoms with E-state index in [9.17, 15) is 0 Å².